The van der Waals surface area contributed by atoms with E-state index >= 15 is 0 Å². The first-order valence-electron chi connectivity index (χ1n) is 10.6. The summed E-state index contributed by atoms with van der Waals surface area (Å²) in [7, 11) is -0.436. The van der Waals surface area contributed by atoms with Crippen LogP contribution >= 0.6 is 0 Å². The van der Waals surface area contributed by atoms with Crippen molar-refractivity contribution in [3.63, 3.8) is 0 Å². The third kappa shape index (κ3) is 4.45. The van der Waals surface area contributed by atoms with Crippen LogP contribution in [0.5, 0.6) is 0 Å². The minimum absolute atomic E-state index is 0.141. The maximum atomic E-state index is 12.4. The smallest absolute Gasteiger partial charge is 0.399 e. The van der Waals surface area contributed by atoms with Crippen molar-refractivity contribution in [1.82, 2.24) is 0 Å². The molecule has 2 aliphatic rings. The zero-order valence-corrected chi connectivity index (χ0v) is 18.4. The molecule has 0 bridgehead atoms. The Kier molecular flexibility index (Phi) is 5.53. The summed E-state index contributed by atoms with van der Waals surface area (Å²) in [6.07, 6.45) is 1.48. The van der Waals surface area contributed by atoms with Gasteiger partial charge < -0.3 is 24.8 Å². The van der Waals surface area contributed by atoms with Gasteiger partial charge in [0.25, 0.3) is 0 Å². The van der Waals surface area contributed by atoms with Crippen LogP contribution in [-0.2, 0) is 14.1 Å². The average Bonchev–Trinajstić information content (AvgIpc) is 3.22. The van der Waals surface area contributed by atoms with E-state index in [1.54, 1.807) is 17.0 Å². The molecule has 3 amide bonds. The molecule has 2 heterocycles. The first kappa shape index (κ1) is 21.4. The van der Waals surface area contributed by atoms with E-state index in [2.05, 4.69) is 10.6 Å². The molecule has 0 atom stereocenters. The van der Waals surface area contributed by atoms with Crippen molar-refractivity contribution in [2.75, 3.05) is 22.1 Å². The Morgan fingerprint density at radius 1 is 0.903 bits per heavy atom. The van der Waals surface area contributed by atoms with Crippen LogP contribution in [0.2, 0.25) is 0 Å². The van der Waals surface area contributed by atoms with Gasteiger partial charge in [-0.05, 0) is 76.0 Å². The summed E-state index contributed by atoms with van der Waals surface area (Å²) in [5, 5.41) is 5.63. The number of nitrogens with zero attached hydrogens (tertiary/aromatic N) is 1. The van der Waals surface area contributed by atoms with Crippen LogP contribution in [-0.4, -0.2) is 36.8 Å². The summed E-state index contributed by atoms with van der Waals surface area (Å²) < 4.78 is 12.1. The van der Waals surface area contributed by atoms with Gasteiger partial charge in [-0.25, -0.2) is 4.79 Å². The number of urea groups is 1. The summed E-state index contributed by atoms with van der Waals surface area (Å²) in [5.41, 5.74) is 2.28. The van der Waals surface area contributed by atoms with Gasteiger partial charge in [0.05, 0.1) is 11.2 Å². The van der Waals surface area contributed by atoms with E-state index in [-0.39, 0.29) is 11.9 Å². The van der Waals surface area contributed by atoms with Crippen LogP contribution in [0.1, 0.15) is 40.5 Å². The van der Waals surface area contributed by atoms with Gasteiger partial charge in [0.15, 0.2) is 0 Å². The topological polar surface area (TPSA) is 79.9 Å². The lowest BCUT2D eigenvalue weighted by atomic mass is 9.79. The fraction of sp³-hybridized carbons (Fsp3) is 0.391. The van der Waals surface area contributed by atoms with E-state index in [9.17, 15) is 9.59 Å². The van der Waals surface area contributed by atoms with Gasteiger partial charge in [-0.1, -0.05) is 12.1 Å². The van der Waals surface area contributed by atoms with E-state index in [4.69, 9.17) is 9.31 Å². The second-order valence-corrected chi connectivity index (χ2v) is 8.99. The second-order valence-electron chi connectivity index (χ2n) is 8.99. The van der Waals surface area contributed by atoms with Crippen LogP contribution in [0.15, 0.2) is 48.5 Å². The number of rotatable bonds is 4. The lowest BCUT2D eigenvalue weighted by molar-refractivity contribution is -0.117. The van der Waals surface area contributed by atoms with Gasteiger partial charge in [-0.15, -0.1) is 0 Å². The Morgan fingerprint density at radius 2 is 1.42 bits per heavy atom. The highest BCUT2D eigenvalue weighted by Crippen LogP contribution is 2.36. The molecule has 162 valence electrons. The van der Waals surface area contributed by atoms with Crippen molar-refractivity contribution in [3.05, 3.63) is 48.5 Å². The number of amides is 3. The maximum absolute atomic E-state index is 12.4. The van der Waals surface area contributed by atoms with Gasteiger partial charge >= 0.3 is 13.1 Å². The average molecular weight is 421 g/mol. The molecular weight excluding hydrogens is 393 g/mol. The Labute approximate surface area is 183 Å². The maximum Gasteiger partial charge on any atom is 0.494 e. The highest BCUT2D eigenvalue weighted by atomic mass is 16.7. The molecule has 7 nitrogen and oxygen atoms in total. The van der Waals surface area contributed by atoms with Crippen LogP contribution < -0.4 is 21.0 Å². The van der Waals surface area contributed by atoms with E-state index in [0.29, 0.717) is 17.8 Å². The van der Waals surface area contributed by atoms with Gasteiger partial charge in [0.2, 0.25) is 5.91 Å². The van der Waals surface area contributed by atoms with Crippen LogP contribution in [0.3, 0.4) is 0 Å². The molecule has 0 saturated carbocycles. The van der Waals surface area contributed by atoms with Gasteiger partial charge in [0, 0.05) is 30.0 Å². The summed E-state index contributed by atoms with van der Waals surface area (Å²) in [6.45, 7) is 8.81. The molecule has 8 heteroatoms. The Morgan fingerprint density at radius 3 is 1.90 bits per heavy atom. The minimum Gasteiger partial charge on any atom is -0.399 e. The molecule has 0 unspecified atom stereocenters. The molecule has 2 saturated heterocycles. The number of carbonyl (C=O) groups is 2. The Hall–Kier alpha value is -2.84. The molecule has 2 N–H and O–H groups in total. The molecule has 0 aromatic heterocycles. The largest absolute Gasteiger partial charge is 0.494 e. The summed E-state index contributed by atoms with van der Waals surface area (Å²) >= 11 is 0. The normalized spacial score (nSPS) is 19.5. The van der Waals surface area contributed by atoms with E-state index < -0.39 is 18.3 Å². The minimum atomic E-state index is -0.436. The second kappa shape index (κ2) is 8.02. The third-order valence-electron chi connectivity index (χ3n) is 6.20. The van der Waals surface area contributed by atoms with Crippen LogP contribution in [0.25, 0.3) is 0 Å². The molecule has 0 radical (unpaired) electrons. The van der Waals surface area contributed by atoms with Crippen molar-refractivity contribution in [2.45, 2.75) is 51.7 Å². The standard InChI is InChI=1S/C23H28BN3O4/c1-22(2)23(3,4)31-24(30-22)16-7-9-17(10-8-16)25-21(29)26-18-11-13-19(14-12-18)27-15-5-6-20(27)28/h7-14H,5-6,15H2,1-4H3,(H2,25,26,29). The summed E-state index contributed by atoms with van der Waals surface area (Å²) in [5.74, 6) is 0.141. The molecule has 31 heavy (non-hydrogen) atoms. The van der Waals surface area contributed by atoms with Crippen molar-refractivity contribution in [3.8, 4) is 0 Å². The monoisotopic (exact) mass is 421 g/mol. The number of nitrogens with one attached hydrogen (secondary N) is 2. The molecule has 2 aromatic carbocycles. The van der Waals surface area contributed by atoms with Gasteiger partial charge in [-0.2, -0.15) is 0 Å². The SMILES string of the molecule is CC1(C)OB(c2ccc(NC(=O)Nc3ccc(N4CCCC4=O)cc3)cc2)OC1(C)C. The van der Waals surface area contributed by atoms with Crippen LogP contribution in [0, 0.1) is 0 Å². The first-order chi connectivity index (χ1) is 14.6. The summed E-state index contributed by atoms with van der Waals surface area (Å²) in [4.78, 5) is 26.0. The fourth-order valence-corrected chi connectivity index (χ4v) is 3.64. The highest BCUT2D eigenvalue weighted by molar-refractivity contribution is 6.62. The number of hydrogen-bond donors (Lipinski definition) is 2. The van der Waals surface area contributed by atoms with E-state index in [0.717, 1.165) is 24.1 Å². The van der Waals surface area contributed by atoms with Crippen molar-refractivity contribution >= 4 is 41.6 Å². The molecule has 2 fully saturated rings. The van der Waals surface area contributed by atoms with Crippen molar-refractivity contribution < 1.29 is 18.9 Å². The van der Waals surface area contributed by atoms with Crippen molar-refractivity contribution in [2.24, 2.45) is 0 Å². The third-order valence-corrected chi connectivity index (χ3v) is 6.20. The summed E-state index contributed by atoms with van der Waals surface area (Å²) in [6, 6.07) is 14.4. The predicted octanol–water partition coefficient (Wildman–Crippen LogP) is 3.76. The predicted molar refractivity (Wildman–Crippen MR) is 123 cm³/mol. The number of hydrogen-bond acceptors (Lipinski definition) is 4. The van der Waals surface area contributed by atoms with Crippen LogP contribution in [0.4, 0.5) is 21.9 Å². The van der Waals surface area contributed by atoms with Gasteiger partial charge in [0.1, 0.15) is 0 Å². The highest BCUT2D eigenvalue weighted by Gasteiger charge is 2.51. The van der Waals surface area contributed by atoms with Crippen molar-refractivity contribution in [1.29, 1.82) is 0 Å². The lowest BCUT2D eigenvalue weighted by Crippen LogP contribution is -2.41. The first-order valence-corrected chi connectivity index (χ1v) is 10.6. The molecular formula is C23H28BN3O4. The zero-order chi connectivity index (χ0) is 22.2. The van der Waals surface area contributed by atoms with E-state index in [1.807, 2.05) is 64.1 Å². The quantitative estimate of drug-likeness (QED) is 0.737. The Bertz CT molecular complexity index is 957. The number of benzene rings is 2. The Balaban J connectivity index is 1.33. The zero-order valence-electron chi connectivity index (χ0n) is 18.4. The van der Waals surface area contributed by atoms with E-state index in [1.165, 1.54) is 0 Å². The lowest BCUT2D eigenvalue weighted by Gasteiger charge is -2.32. The van der Waals surface area contributed by atoms with Gasteiger partial charge in [-0.3, -0.25) is 4.79 Å². The molecule has 2 aromatic rings. The number of anilines is 3. The molecule has 0 aliphatic carbocycles. The number of carbonyl (C=O) groups excluding carboxylic acids is 2. The molecule has 0 spiro atoms. The fourth-order valence-electron chi connectivity index (χ4n) is 3.64. The molecule has 2 aliphatic heterocycles. The molecule has 4 rings (SSSR count).